The number of likely N-dealkylation sites (tertiary alicyclic amines) is 2. The zero-order chi connectivity index (χ0) is 19.3. The number of amides is 3. The number of nitrogens with zero attached hydrogens (tertiary/aromatic N) is 3. The number of nitriles is 1. The normalized spacial score (nSPS) is 23.9. The third-order valence-electron chi connectivity index (χ3n) is 5.09. The smallest absolute Gasteiger partial charge is 0.240 e. The molecule has 0 saturated carbocycles. The number of hydrogen-bond acceptors (Lipinski definition) is 5. The van der Waals surface area contributed by atoms with E-state index in [4.69, 9.17) is 11.0 Å². The summed E-state index contributed by atoms with van der Waals surface area (Å²) in [6.07, 6.45) is 3.43. The van der Waals surface area contributed by atoms with E-state index in [1.807, 2.05) is 13.8 Å². The van der Waals surface area contributed by atoms with E-state index in [1.165, 1.54) is 0 Å². The predicted molar refractivity (Wildman–Crippen MR) is 95.5 cm³/mol. The SMILES string of the molecule is CC(C)C[C@H](NCC(=O)N1CCCC1C#N)C(=O)N1CCC[C@H]1C(N)=O. The maximum Gasteiger partial charge on any atom is 0.240 e. The number of carbonyl (C=O) groups is 3. The van der Waals surface area contributed by atoms with Gasteiger partial charge in [-0.15, -0.1) is 0 Å². The minimum atomic E-state index is -0.559. The molecule has 0 aromatic rings. The zero-order valence-electron chi connectivity index (χ0n) is 15.6. The van der Waals surface area contributed by atoms with Gasteiger partial charge in [0.25, 0.3) is 0 Å². The van der Waals surface area contributed by atoms with Gasteiger partial charge in [0, 0.05) is 13.1 Å². The Bertz CT molecular complexity index is 586. The highest BCUT2D eigenvalue weighted by Crippen LogP contribution is 2.20. The molecule has 2 rings (SSSR count). The van der Waals surface area contributed by atoms with Crippen LogP contribution in [0.1, 0.15) is 46.0 Å². The summed E-state index contributed by atoms with van der Waals surface area (Å²) in [4.78, 5) is 40.1. The van der Waals surface area contributed by atoms with Gasteiger partial charge in [-0.1, -0.05) is 13.8 Å². The van der Waals surface area contributed by atoms with Crippen LogP contribution in [0, 0.1) is 17.2 Å². The molecule has 3 atom stereocenters. The lowest BCUT2D eigenvalue weighted by molar-refractivity contribution is -0.139. The average Bonchev–Trinajstić information content (AvgIpc) is 3.25. The maximum absolute atomic E-state index is 12.9. The van der Waals surface area contributed by atoms with Crippen molar-refractivity contribution in [3.05, 3.63) is 0 Å². The average molecular weight is 363 g/mol. The third kappa shape index (κ3) is 4.73. The van der Waals surface area contributed by atoms with Gasteiger partial charge >= 0.3 is 0 Å². The second-order valence-electron chi connectivity index (χ2n) is 7.53. The van der Waals surface area contributed by atoms with E-state index >= 15 is 0 Å². The molecule has 8 heteroatoms. The first-order valence-electron chi connectivity index (χ1n) is 9.37. The molecule has 144 valence electrons. The molecule has 2 aliphatic rings. The minimum absolute atomic E-state index is 0.0103. The van der Waals surface area contributed by atoms with E-state index in [0.717, 1.165) is 12.8 Å². The van der Waals surface area contributed by atoms with Crippen molar-refractivity contribution in [3.63, 3.8) is 0 Å². The van der Waals surface area contributed by atoms with Crippen LogP contribution in [0.2, 0.25) is 0 Å². The Balaban J connectivity index is 2.00. The van der Waals surface area contributed by atoms with E-state index in [1.54, 1.807) is 9.80 Å². The Morgan fingerprint density at radius 1 is 1.19 bits per heavy atom. The standard InChI is InChI=1S/C18H29N5O3/c1-12(2)9-14(18(26)23-8-4-6-15(23)17(20)25)21-11-16(24)22-7-3-5-13(22)10-19/h12-15,21H,3-9,11H2,1-2H3,(H2,20,25)/t13?,14-,15-/m0/s1. The molecule has 2 aliphatic heterocycles. The number of rotatable bonds is 7. The Hall–Kier alpha value is -2.14. The summed E-state index contributed by atoms with van der Waals surface area (Å²) in [6, 6.07) is 0.679. The fraction of sp³-hybridized carbons (Fsp3) is 0.778. The lowest BCUT2D eigenvalue weighted by Gasteiger charge is -2.29. The summed E-state index contributed by atoms with van der Waals surface area (Å²) < 4.78 is 0. The molecule has 3 amide bonds. The van der Waals surface area contributed by atoms with Crippen molar-refractivity contribution < 1.29 is 14.4 Å². The van der Waals surface area contributed by atoms with E-state index < -0.39 is 18.0 Å². The summed E-state index contributed by atoms with van der Waals surface area (Å²) in [5, 5.41) is 12.2. The first-order valence-corrected chi connectivity index (χ1v) is 9.37. The number of nitrogens with two attached hydrogens (primary N) is 1. The highest BCUT2D eigenvalue weighted by Gasteiger charge is 2.36. The summed E-state index contributed by atoms with van der Waals surface area (Å²) in [5.41, 5.74) is 5.42. The molecule has 0 aromatic carbocycles. The van der Waals surface area contributed by atoms with Crippen LogP contribution in [0.3, 0.4) is 0 Å². The van der Waals surface area contributed by atoms with Gasteiger partial charge in [-0.25, -0.2) is 0 Å². The molecule has 3 N–H and O–H groups in total. The first kappa shape index (κ1) is 20.2. The topological polar surface area (TPSA) is 120 Å². The minimum Gasteiger partial charge on any atom is -0.368 e. The van der Waals surface area contributed by atoms with Crippen LogP contribution in [0.25, 0.3) is 0 Å². The van der Waals surface area contributed by atoms with Gasteiger partial charge in [-0.05, 0) is 38.0 Å². The monoisotopic (exact) mass is 363 g/mol. The Morgan fingerprint density at radius 3 is 2.46 bits per heavy atom. The fourth-order valence-corrected chi connectivity index (χ4v) is 3.78. The largest absolute Gasteiger partial charge is 0.368 e. The van der Waals surface area contributed by atoms with Crippen LogP contribution in [0.15, 0.2) is 0 Å². The van der Waals surface area contributed by atoms with E-state index in [9.17, 15) is 14.4 Å². The summed E-state index contributed by atoms with van der Waals surface area (Å²) >= 11 is 0. The molecular weight excluding hydrogens is 334 g/mol. The quantitative estimate of drug-likeness (QED) is 0.659. The summed E-state index contributed by atoms with van der Waals surface area (Å²) in [6.45, 7) is 5.12. The Kier molecular flexibility index (Phi) is 6.98. The lowest BCUT2D eigenvalue weighted by atomic mass is 10.0. The van der Waals surface area contributed by atoms with Crippen molar-refractivity contribution in [2.75, 3.05) is 19.6 Å². The van der Waals surface area contributed by atoms with Crippen molar-refractivity contribution in [1.29, 1.82) is 5.26 Å². The highest BCUT2D eigenvalue weighted by molar-refractivity contribution is 5.90. The van der Waals surface area contributed by atoms with Crippen LogP contribution in [-0.2, 0) is 14.4 Å². The molecule has 8 nitrogen and oxygen atoms in total. The van der Waals surface area contributed by atoms with Crippen LogP contribution in [0.5, 0.6) is 0 Å². The first-order chi connectivity index (χ1) is 12.3. The molecule has 0 bridgehead atoms. The highest BCUT2D eigenvalue weighted by atomic mass is 16.2. The molecule has 0 aliphatic carbocycles. The van der Waals surface area contributed by atoms with Crippen LogP contribution in [-0.4, -0.2) is 65.3 Å². The maximum atomic E-state index is 12.9. The molecule has 0 aromatic heterocycles. The van der Waals surface area contributed by atoms with Gasteiger partial charge in [-0.3, -0.25) is 19.7 Å². The number of nitrogens with one attached hydrogen (secondary N) is 1. The zero-order valence-corrected chi connectivity index (χ0v) is 15.6. The lowest BCUT2D eigenvalue weighted by Crippen LogP contribution is -2.53. The van der Waals surface area contributed by atoms with Crippen LogP contribution >= 0.6 is 0 Å². The van der Waals surface area contributed by atoms with Crippen molar-refractivity contribution in [3.8, 4) is 6.07 Å². The van der Waals surface area contributed by atoms with Gasteiger partial charge in [0.1, 0.15) is 12.1 Å². The number of hydrogen-bond donors (Lipinski definition) is 2. The molecule has 26 heavy (non-hydrogen) atoms. The van der Waals surface area contributed by atoms with Gasteiger partial charge in [-0.2, -0.15) is 5.26 Å². The van der Waals surface area contributed by atoms with Gasteiger partial charge < -0.3 is 15.5 Å². The van der Waals surface area contributed by atoms with Crippen molar-refractivity contribution in [2.45, 2.75) is 64.1 Å². The summed E-state index contributed by atoms with van der Waals surface area (Å²) in [5.74, 6) is -0.571. The second kappa shape index (κ2) is 8.99. The molecule has 0 radical (unpaired) electrons. The Morgan fingerprint density at radius 2 is 1.85 bits per heavy atom. The van der Waals surface area contributed by atoms with Gasteiger partial charge in [0.05, 0.1) is 18.7 Å². The van der Waals surface area contributed by atoms with Gasteiger partial charge in [0.2, 0.25) is 17.7 Å². The van der Waals surface area contributed by atoms with Crippen LogP contribution < -0.4 is 11.1 Å². The molecule has 2 saturated heterocycles. The van der Waals surface area contributed by atoms with E-state index in [2.05, 4.69) is 11.4 Å². The predicted octanol–water partition coefficient (Wildman–Crippen LogP) is -0.0184. The Labute approximate surface area is 154 Å². The molecule has 2 fully saturated rings. The van der Waals surface area contributed by atoms with Crippen LogP contribution in [0.4, 0.5) is 0 Å². The third-order valence-corrected chi connectivity index (χ3v) is 5.09. The van der Waals surface area contributed by atoms with E-state index in [0.29, 0.717) is 32.4 Å². The van der Waals surface area contributed by atoms with Crippen molar-refractivity contribution in [2.24, 2.45) is 11.7 Å². The van der Waals surface area contributed by atoms with Crippen molar-refractivity contribution in [1.82, 2.24) is 15.1 Å². The molecule has 2 heterocycles. The molecular formula is C18H29N5O3. The number of primary amides is 1. The van der Waals surface area contributed by atoms with Gasteiger partial charge in [0.15, 0.2) is 0 Å². The second-order valence-corrected chi connectivity index (χ2v) is 7.53. The molecule has 1 unspecified atom stereocenters. The number of carbonyl (C=O) groups excluding carboxylic acids is 3. The van der Waals surface area contributed by atoms with Crippen molar-refractivity contribution >= 4 is 17.7 Å². The van der Waals surface area contributed by atoms with E-state index in [-0.39, 0.29) is 30.3 Å². The molecule has 0 spiro atoms. The summed E-state index contributed by atoms with van der Waals surface area (Å²) in [7, 11) is 0. The fourth-order valence-electron chi connectivity index (χ4n) is 3.78.